The predicted octanol–water partition coefficient (Wildman–Crippen LogP) is 0.680. The van der Waals surface area contributed by atoms with Crippen LogP contribution in [0.15, 0.2) is 70.6 Å². The summed E-state index contributed by atoms with van der Waals surface area (Å²) < 4.78 is 54.9. The second-order valence-corrected chi connectivity index (χ2v) is 9.41. The summed E-state index contributed by atoms with van der Waals surface area (Å²) in [5, 5.41) is 4.01. The van der Waals surface area contributed by atoms with Gasteiger partial charge in [0.15, 0.2) is 0 Å². The van der Waals surface area contributed by atoms with E-state index in [0.29, 0.717) is 5.69 Å². The molecule has 1 amide bonds. The van der Waals surface area contributed by atoms with Crippen molar-refractivity contribution in [2.45, 2.75) is 9.79 Å². The number of primary amides is 1. The molecule has 1 aromatic heterocycles. The standard InChI is InChI=1S/C17H17N5O5S2/c1-19-28(24,25)14-3-2-4-15(11-14)29(26,27)21-12-5-7-13(8-6-12)22-10-9-16(20-22)17(18)23/h2-11,19,21H,1H3,(H2,18,23). The van der Waals surface area contributed by atoms with Crippen LogP contribution in [0.1, 0.15) is 10.5 Å². The number of carbonyl (C=O) groups is 1. The van der Waals surface area contributed by atoms with Gasteiger partial charge in [-0.2, -0.15) is 5.10 Å². The summed E-state index contributed by atoms with van der Waals surface area (Å²) in [7, 11) is -6.56. The number of nitrogens with zero attached hydrogens (tertiary/aromatic N) is 2. The number of nitrogens with two attached hydrogens (primary N) is 1. The predicted molar refractivity (Wildman–Crippen MR) is 106 cm³/mol. The molecular weight excluding hydrogens is 418 g/mol. The number of benzene rings is 2. The van der Waals surface area contributed by atoms with Gasteiger partial charge in [-0.3, -0.25) is 9.52 Å². The van der Waals surface area contributed by atoms with Crippen molar-refractivity contribution in [3.05, 3.63) is 66.5 Å². The lowest BCUT2D eigenvalue weighted by atomic mass is 10.3. The van der Waals surface area contributed by atoms with E-state index in [2.05, 4.69) is 14.5 Å². The molecular formula is C17H17N5O5S2. The van der Waals surface area contributed by atoms with Crippen LogP contribution in [0, 0.1) is 0 Å². The largest absolute Gasteiger partial charge is 0.364 e. The summed E-state index contributed by atoms with van der Waals surface area (Å²) in [5.41, 5.74) is 6.12. The van der Waals surface area contributed by atoms with Crippen molar-refractivity contribution in [3.8, 4) is 5.69 Å². The van der Waals surface area contributed by atoms with Gasteiger partial charge in [-0.05, 0) is 55.6 Å². The molecule has 0 aliphatic heterocycles. The average Bonchev–Trinajstić information content (AvgIpc) is 3.19. The Morgan fingerprint density at radius 2 is 1.59 bits per heavy atom. The highest BCUT2D eigenvalue weighted by atomic mass is 32.2. The van der Waals surface area contributed by atoms with E-state index < -0.39 is 26.0 Å². The fourth-order valence-corrected chi connectivity index (χ4v) is 4.38. The first kappa shape index (κ1) is 20.5. The molecule has 0 fully saturated rings. The van der Waals surface area contributed by atoms with Gasteiger partial charge in [0.25, 0.3) is 15.9 Å². The van der Waals surface area contributed by atoms with Crippen LogP contribution in [-0.2, 0) is 20.0 Å². The van der Waals surface area contributed by atoms with Crippen LogP contribution in [0.25, 0.3) is 5.69 Å². The zero-order valence-corrected chi connectivity index (χ0v) is 16.7. The maximum atomic E-state index is 12.6. The third-order valence-electron chi connectivity index (χ3n) is 3.92. The van der Waals surface area contributed by atoms with Crippen LogP contribution in [0.3, 0.4) is 0 Å². The van der Waals surface area contributed by atoms with Crippen LogP contribution in [0.4, 0.5) is 5.69 Å². The monoisotopic (exact) mass is 435 g/mol. The second-order valence-electron chi connectivity index (χ2n) is 5.84. The first-order valence-electron chi connectivity index (χ1n) is 8.15. The zero-order chi connectivity index (χ0) is 21.2. The Kier molecular flexibility index (Phi) is 5.42. The molecule has 0 aliphatic carbocycles. The summed E-state index contributed by atoms with van der Waals surface area (Å²) in [6.45, 7) is 0. The number of anilines is 1. The van der Waals surface area contributed by atoms with E-state index in [1.165, 1.54) is 48.1 Å². The molecule has 2 aromatic carbocycles. The van der Waals surface area contributed by atoms with E-state index >= 15 is 0 Å². The molecule has 29 heavy (non-hydrogen) atoms. The molecule has 0 saturated carbocycles. The molecule has 3 rings (SSSR count). The molecule has 0 unspecified atom stereocenters. The number of aromatic nitrogens is 2. The summed E-state index contributed by atoms with van der Waals surface area (Å²) in [6, 6.07) is 12.7. The van der Waals surface area contributed by atoms with Crippen molar-refractivity contribution < 1.29 is 21.6 Å². The summed E-state index contributed by atoms with van der Waals surface area (Å²) in [5.74, 6) is -0.657. The second kappa shape index (κ2) is 7.66. The van der Waals surface area contributed by atoms with Crippen LogP contribution in [0.5, 0.6) is 0 Å². The molecule has 0 atom stereocenters. The van der Waals surface area contributed by atoms with Gasteiger partial charge in [-0.1, -0.05) is 6.07 Å². The number of hydrogen-bond acceptors (Lipinski definition) is 6. The fourth-order valence-electron chi connectivity index (χ4n) is 2.42. The highest BCUT2D eigenvalue weighted by molar-refractivity contribution is 7.93. The molecule has 1 heterocycles. The smallest absolute Gasteiger partial charge is 0.269 e. The molecule has 0 aliphatic rings. The molecule has 0 spiro atoms. The minimum Gasteiger partial charge on any atom is -0.364 e. The van der Waals surface area contributed by atoms with Crippen LogP contribution in [-0.4, -0.2) is 39.6 Å². The van der Waals surface area contributed by atoms with E-state index in [0.717, 1.165) is 6.07 Å². The summed E-state index contributed by atoms with van der Waals surface area (Å²) in [4.78, 5) is 10.8. The third-order valence-corrected chi connectivity index (χ3v) is 6.71. The first-order chi connectivity index (χ1) is 13.6. The number of amides is 1. The Labute approximate surface area is 167 Å². The fraction of sp³-hybridized carbons (Fsp3) is 0.0588. The van der Waals surface area contributed by atoms with E-state index in [4.69, 9.17) is 5.73 Å². The van der Waals surface area contributed by atoms with E-state index in [9.17, 15) is 21.6 Å². The number of hydrogen-bond donors (Lipinski definition) is 3. The number of rotatable bonds is 7. The van der Waals surface area contributed by atoms with Crippen LogP contribution < -0.4 is 15.2 Å². The van der Waals surface area contributed by atoms with E-state index in [-0.39, 0.29) is 21.2 Å². The van der Waals surface area contributed by atoms with Crippen molar-refractivity contribution in [1.82, 2.24) is 14.5 Å². The van der Waals surface area contributed by atoms with Crippen LogP contribution in [0.2, 0.25) is 0 Å². The Morgan fingerprint density at radius 1 is 0.966 bits per heavy atom. The molecule has 0 saturated heterocycles. The maximum Gasteiger partial charge on any atom is 0.269 e. The Hall–Kier alpha value is -3.22. The lowest BCUT2D eigenvalue weighted by molar-refractivity contribution is 0.0995. The van der Waals surface area contributed by atoms with Gasteiger partial charge in [0.2, 0.25) is 10.0 Å². The van der Waals surface area contributed by atoms with Crippen molar-refractivity contribution in [2.24, 2.45) is 5.73 Å². The minimum atomic E-state index is -4.01. The maximum absolute atomic E-state index is 12.6. The van der Waals surface area contributed by atoms with Crippen LogP contribution >= 0.6 is 0 Å². The average molecular weight is 435 g/mol. The number of nitrogens with one attached hydrogen (secondary N) is 2. The van der Waals surface area contributed by atoms with Gasteiger partial charge in [-0.25, -0.2) is 26.2 Å². The molecule has 4 N–H and O–H groups in total. The zero-order valence-electron chi connectivity index (χ0n) is 15.1. The summed E-state index contributed by atoms with van der Waals surface area (Å²) >= 11 is 0. The molecule has 10 nitrogen and oxygen atoms in total. The molecule has 152 valence electrons. The van der Waals surface area contributed by atoms with Gasteiger partial charge in [0.1, 0.15) is 5.69 Å². The quantitative estimate of drug-likeness (QED) is 0.496. The number of sulfonamides is 2. The van der Waals surface area contributed by atoms with E-state index in [1.54, 1.807) is 18.3 Å². The molecule has 12 heteroatoms. The van der Waals surface area contributed by atoms with Gasteiger partial charge in [0, 0.05) is 11.9 Å². The Morgan fingerprint density at radius 3 is 2.14 bits per heavy atom. The highest BCUT2D eigenvalue weighted by Gasteiger charge is 2.19. The number of carbonyl (C=O) groups excluding carboxylic acids is 1. The molecule has 3 aromatic rings. The van der Waals surface area contributed by atoms with E-state index in [1.807, 2.05) is 0 Å². The summed E-state index contributed by atoms with van der Waals surface area (Å²) in [6.07, 6.45) is 1.55. The highest BCUT2D eigenvalue weighted by Crippen LogP contribution is 2.20. The van der Waals surface area contributed by atoms with Crippen molar-refractivity contribution in [3.63, 3.8) is 0 Å². The Balaban J connectivity index is 1.84. The lowest BCUT2D eigenvalue weighted by Gasteiger charge is -2.10. The normalized spacial score (nSPS) is 11.9. The molecule has 0 radical (unpaired) electrons. The topological polar surface area (TPSA) is 153 Å². The van der Waals surface area contributed by atoms with Crippen molar-refractivity contribution in [1.29, 1.82) is 0 Å². The van der Waals surface area contributed by atoms with Crippen molar-refractivity contribution in [2.75, 3.05) is 11.8 Å². The van der Waals surface area contributed by atoms with Gasteiger partial charge in [0.05, 0.1) is 15.5 Å². The van der Waals surface area contributed by atoms with Gasteiger partial charge < -0.3 is 5.73 Å². The van der Waals surface area contributed by atoms with Gasteiger partial charge in [-0.15, -0.1) is 0 Å². The molecule has 0 bridgehead atoms. The minimum absolute atomic E-state index is 0.103. The first-order valence-corrected chi connectivity index (χ1v) is 11.1. The third kappa shape index (κ3) is 4.45. The van der Waals surface area contributed by atoms with Crippen molar-refractivity contribution >= 4 is 31.6 Å². The lowest BCUT2D eigenvalue weighted by Crippen LogP contribution is -2.19. The van der Waals surface area contributed by atoms with Gasteiger partial charge >= 0.3 is 0 Å². The SMILES string of the molecule is CNS(=O)(=O)c1cccc(S(=O)(=O)Nc2ccc(-n3ccc(C(N)=O)n3)cc2)c1. The Bertz CT molecular complexity index is 1270.